The van der Waals surface area contributed by atoms with Gasteiger partial charge in [0, 0.05) is 27.6 Å². The number of hydrogen-bond donors (Lipinski definition) is 2. The van der Waals surface area contributed by atoms with Crippen molar-refractivity contribution in [3.63, 3.8) is 0 Å². The molecule has 25 heavy (non-hydrogen) atoms. The first-order valence-corrected chi connectivity index (χ1v) is 8.50. The summed E-state index contributed by atoms with van der Waals surface area (Å²) in [5.74, 6) is 0.0312. The van der Waals surface area contributed by atoms with Crippen LogP contribution < -0.4 is 11.2 Å². The summed E-state index contributed by atoms with van der Waals surface area (Å²) < 4.78 is 19.2. The predicted molar refractivity (Wildman–Crippen MR) is 90.5 cm³/mol. The van der Waals surface area contributed by atoms with Gasteiger partial charge < -0.3 is 9.40 Å². The van der Waals surface area contributed by atoms with Gasteiger partial charge >= 0.3 is 5.69 Å². The van der Waals surface area contributed by atoms with Crippen LogP contribution in [0.1, 0.15) is 22.7 Å². The van der Waals surface area contributed by atoms with Gasteiger partial charge in [0.25, 0.3) is 10.8 Å². The predicted octanol–water partition coefficient (Wildman–Crippen LogP) is 2.43. The second kappa shape index (κ2) is 7.24. The molecule has 3 rings (SSSR count). The van der Waals surface area contributed by atoms with Crippen molar-refractivity contribution in [2.45, 2.75) is 24.3 Å². The minimum absolute atomic E-state index is 0.0754. The third-order valence-corrected chi connectivity index (χ3v) is 4.63. The highest BCUT2D eigenvalue weighted by Gasteiger charge is 2.14. The molecule has 2 aromatic heterocycles. The summed E-state index contributed by atoms with van der Waals surface area (Å²) in [4.78, 5) is 27.7. The van der Waals surface area contributed by atoms with E-state index in [4.69, 9.17) is 16.0 Å². The SMILES string of the molecule is Cc1[nH]c(=O)[nH]c(=O)c1Cc1nnc(SCc2c(F)cccc2Cl)o1. The van der Waals surface area contributed by atoms with E-state index in [-0.39, 0.29) is 23.3 Å². The number of aromatic amines is 2. The lowest BCUT2D eigenvalue weighted by molar-refractivity contribution is 0.419. The van der Waals surface area contributed by atoms with Crippen LogP contribution in [0.4, 0.5) is 4.39 Å². The fourth-order valence-corrected chi connectivity index (χ4v) is 3.29. The maximum absolute atomic E-state index is 13.7. The average molecular weight is 383 g/mol. The standard InChI is InChI=1S/C15H12ClFN4O3S/c1-7-8(13(22)19-14(23)18-7)5-12-20-21-15(24-12)25-6-9-10(16)3-2-4-11(9)17/h2-4H,5-6H2,1H3,(H2,18,19,22,23). The van der Waals surface area contributed by atoms with E-state index in [0.717, 1.165) is 11.8 Å². The largest absolute Gasteiger partial charge is 0.416 e. The Balaban J connectivity index is 1.73. The number of nitrogens with one attached hydrogen (secondary N) is 2. The fourth-order valence-electron chi connectivity index (χ4n) is 2.16. The van der Waals surface area contributed by atoms with Crippen molar-refractivity contribution in [3.8, 4) is 0 Å². The molecule has 10 heteroatoms. The maximum atomic E-state index is 13.7. The molecule has 0 aliphatic heterocycles. The van der Waals surface area contributed by atoms with Gasteiger partial charge in [0.2, 0.25) is 5.89 Å². The molecule has 0 saturated heterocycles. The minimum atomic E-state index is -0.574. The molecule has 0 aliphatic carbocycles. The van der Waals surface area contributed by atoms with E-state index in [1.165, 1.54) is 12.1 Å². The number of hydrogen-bond acceptors (Lipinski definition) is 6. The molecule has 0 radical (unpaired) electrons. The van der Waals surface area contributed by atoms with Crippen molar-refractivity contribution in [2.24, 2.45) is 0 Å². The Bertz CT molecular complexity index is 1010. The van der Waals surface area contributed by atoms with E-state index in [1.54, 1.807) is 13.0 Å². The van der Waals surface area contributed by atoms with Gasteiger partial charge in [-0.25, -0.2) is 9.18 Å². The van der Waals surface area contributed by atoms with Crippen LogP contribution in [-0.2, 0) is 12.2 Å². The van der Waals surface area contributed by atoms with E-state index >= 15 is 0 Å². The van der Waals surface area contributed by atoms with E-state index in [9.17, 15) is 14.0 Å². The van der Waals surface area contributed by atoms with E-state index in [1.807, 2.05) is 0 Å². The van der Waals surface area contributed by atoms with Gasteiger partial charge in [-0.2, -0.15) is 0 Å². The molecule has 1 aromatic carbocycles. The van der Waals surface area contributed by atoms with Crippen LogP contribution >= 0.6 is 23.4 Å². The van der Waals surface area contributed by atoms with Gasteiger partial charge in [-0.15, -0.1) is 10.2 Å². The highest BCUT2D eigenvalue weighted by Crippen LogP contribution is 2.28. The summed E-state index contributed by atoms with van der Waals surface area (Å²) in [6.07, 6.45) is 0.0754. The lowest BCUT2D eigenvalue weighted by Gasteiger charge is -2.03. The van der Waals surface area contributed by atoms with Gasteiger partial charge in [-0.05, 0) is 19.1 Å². The lowest BCUT2D eigenvalue weighted by Crippen LogP contribution is -2.27. The molecule has 0 amide bonds. The lowest BCUT2D eigenvalue weighted by atomic mass is 10.2. The first kappa shape index (κ1) is 17.4. The summed E-state index contributed by atoms with van der Waals surface area (Å²) in [7, 11) is 0. The zero-order valence-corrected chi connectivity index (χ0v) is 14.5. The Labute approximate surface area is 149 Å². The van der Waals surface area contributed by atoms with Gasteiger partial charge in [0.1, 0.15) is 5.82 Å². The van der Waals surface area contributed by atoms with Crippen LogP contribution in [0.3, 0.4) is 0 Å². The molecule has 0 unspecified atom stereocenters. The molecule has 0 aliphatic rings. The molecule has 0 bridgehead atoms. The monoisotopic (exact) mass is 382 g/mol. The zero-order chi connectivity index (χ0) is 18.0. The summed E-state index contributed by atoms with van der Waals surface area (Å²) >= 11 is 7.10. The summed E-state index contributed by atoms with van der Waals surface area (Å²) in [5.41, 5.74) is 0.0275. The maximum Gasteiger partial charge on any atom is 0.325 e. The first-order chi connectivity index (χ1) is 11.9. The quantitative estimate of drug-likeness (QED) is 0.657. The third kappa shape index (κ3) is 3.99. The summed E-state index contributed by atoms with van der Waals surface area (Å²) in [5, 5.41) is 8.28. The molecule has 0 saturated carbocycles. The number of rotatable bonds is 5. The molecule has 130 valence electrons. The Hall–Kier alpha value is -2.39. The third-order valence-electron chi connectivity index (χ3n) is 3.43. The number of aryl methyl sites for hydroxylation is 1. The van der Waals surface area contributed by atoms with Crippen molar-refractivity contribution in [2.75, 3.05) is 0 Å². The van der Waals surface area contributed by atoms with Crippen LogP contribution in [0.5, 0.6) is 0 Å². The molecular formula is C15H12ClFN4O3S. The van der Waals surface area contributed by atoms with Crippen molar-refractivity contribution >= 4 is 23.4 Å². The highest BCUT2D eigenvalue weighted by molar-refractivity contribution is 7.98. The number of benzene rings is 1. The van der Waals surface area contributed by atoms with Gasteiger partial charge in [-0.3, -0.25) is 9.78 Å². The molecule has 7 nitrogen and oxygen atoms in total. The summed E-state index contributed by atoms with van der Waals surface area (Å²) in [6, 6.07) is 4.46. The number of thioether (sulfide) groups is 1. The van der Waals surface area contributed by atoms with Crippen LogP contribution in [0.25, 0.3) is 0 Å². The Morgan fingerprint density at radius 2 is 2.04 bits per heavy atom. The molecule has 0 fully saturated rings. The molecule has 0 atom stereocenters. The van der Waals surface area contributed by atoms with E-state index in [2.05, 4.69) is 20.2 Å². The zero-order valence-electron chi connectivity index (χ0n) is 12.9. The normalized spacial score (nSPS) is 11.0. The van der Waals surface area contributed by atoms with Crippen LogP contribution in [0, 0.1) is 12.7 Å². The Morgan fingerprint density at radius 3 is 2.76 bits per heavy atom. The number of aromatic nitrogens is 4. The van der Waals surface area contributed by atoms with Crippen LogP contribution in [0.2, 0.25) is 5.02 Å². The molecule has 2 N–H and O–H groups in total. The van der Waals surface area contributed by atoms with E-state index in [0.29, 0.717) is 21.8 Å². The smallest absolute Gasteiger partial charge is 0.325 e. The van der Waals surface area contributed by atoms with Gasteiger partial charge in [0.05, 0.1) is 6.42 Å². The van der Waals surface area contributed by atoms with Crippen LogP contribution in [0.15, 0.2) is 37.4 Å². The van der Waals surface area contributed by atoms with E-state index < -0.39 is 17.1 Å². The fraction of sp³-hybridized carbons (Fsp3) is 0.200. The van der Waals surface area contributed by atoms with Gasteiger partial charge in [-0.1, -0.05) is 29.4 Å². The molecular weight excluding hydrogens is 371 g/mol. The number of nitrogens with zero attached hydrogens (tertiary/aromatic N) is 2. The minimum Gasteiger partial charge on any atom is -0.416 e. The second-order valence-corrected chi connectivity index (χ2v) is 6.47. The van der Waals surface area contributed by atoms with Crippen molar-refractivity contribution in [1.82, 2.24) is 20.2 Å². The average Bonchev–Trinajstić information content (AvgIpc) is 2.98. The van der Waals surface area contributed by atoms with Crippen molar-refractivity contribution < 1.29 is 8.81 Å². The second-order valence-electron chi connectivity index (χ2n) is 5.14. The number of H-pyrrole nitrogens is 2. The topological polar surface area (TPSA) is 105 Å². The Kier molecular flexibility index (Phi) is 5.05. The molecule has 2 heterocycles. The number of halogens is 2. The molecule has 0 spiro atoms. The first-order valence-electron chi connectivity index (χ1n) is 7.14. The molecule has 3 aromatic rings. The van der Waals surface area contributed by atoms with Crippen LogP contribution in [-0.4, -0.2) is 20.2 Å². The highest BCUT2D eigenvalue weighted by atomic mass is 35.5. The van der Waals surface area contributed by atoms with Gasteiger partial charge in [0.15, 0.2) is 0 Å². The van der Waals surface area contributed by atoms with Crippen molar-refractivity contribution in [3.05, 3.63) is 72.6 Å². The summed E-state index contributed by atoms with van der Waals surface area (Å²) in [6.45, 7) is 1.61. The van der Waals surface area contributed by atoms with Crippen molar-refractivity contribution in [1.29, 1.82) is 0 Å². The Morgan fingerprint density at radius 1 is 1.24 bits per heavy atom.